The normalized spacial score (nSPS) is 16.8. The molecule has 0 amide bonds. The van der Waals surface area contributed by atoms with E-state index in [1.54, 1.807) is 13.1 Å². The Morgan fingerprint density at radius 3 is 2.69 bits per heavy atom. The number of rotatable bonds is 5. The van der Waals surface area contributed by atoms with Gasteiger partial charge in [-0.25, -0.2) is 23.7 Å². The average Bonchev–Trinajstić information content (AvgIpc) is 3.13. The largest absolute Gasteiger partial charge is 0.372 e. The van der Waals surface area contributed by atoms with Crippen molar-refractivity contribution in [2.45, 2.75) is 38.0 Å². The number of hydrogen-bond donors (Lipinski definition) is 2. The first kappa shape index (κ1) is 19.4. The van der Waals surface area contributed by atoms with Gasteiger partial charge in [0.15, 0.2) is 5.78 Å². The third-order valence-electron chi connectivity index (χ3n) is 5.44. The van der Waals surface area contributed by atoms with E-state index in [-0.39, 0.29) is 29.9 Å². The van der Waals surface area contributed by atoms with Crippen LogP contribution >= 0.6 is 0 Å². The van der Waals surface area contributed by atoms with Crippen LogP contribution in [-0.4, -0.2) is 38.7 Å². The summed E-state index contributed by atoms with van der Waals surface area (Å²) in [6, 6.07) is 2.99. The fourth-order valence-electron chi connectivity index (χ4n) is 3.83. The molecule has 29 heavy (non-hydrogen) atoms. The Hall–Kier alpha value is -2.97. The molecule has 0 unspecified atom stereocenters. The van der Waals surface area contributed by atoms with Gasteiger partial charge in [0.2, 0.25) is 11.9 Å². The highest BCUT2D eigenvalue weighted by molar-refractivity contribution is 6.17. The first-order valence-electron chi connectivity index (χ1n) is 9.46. The van der Waals surface area contributed by atoms with Gasteiger partial charge in [0.05, 0.1) is 16.5 Å². The minimum absolute atomic E-state index is 0.0482. The van der Waals surface area contributed by atoms with Gasteiger partial charge in [0.25, 0.3) is 0 Å². The number of H-pyrrole nitrogens is 1. The molecule has 0 radical (unpaired) electrons. The lowest BCUT2D eigenvalue weighted by Crippen LogP contribution is -2.25. The van der Waals surface area contributed by atoms with E-state index in [0.717, 1.165) is 0 Å². The molecule has 3 aromatic heterocycles. The van der Waals surface area contributed by atoms with Crippen molar-refractivity contribution in [3.8, 4) is 0 Å². The Morgan fingerprint density at radius 1 is 1.24 bits per heavy atom. The Bertz CT molecular complexity index is 1060. The van der Waals surface area contributed by atoms with Gasteiger partial charge >= 0.3 is 0 Å². The first-order valence-corrected chi connectivity index (χ1v) is 9.46. The zero-order chi connectivity index (χ0) is 20.6. The zero-order valence-electron chi connectivity index (χ0n) is 15.8. The topological polar surface area (TPSA) is 83.6 Å². The lowest BCUT2D eigenvalue weighted by molar-refractivity contribution is -0.0457. The van der Waals surface area contributed by atoms with Crippen LogP contribution in [0.1, 0.15) is 47.3 Å². The van der Waals surface area contributed by atoms with Crippen molar-refractivity contribution in [2.24, 2.45) is 5.92 Å². The van der Waals surface area contributed by atoms with Crippen LogP contribution in [0.2, 0.25) is 0 Å². The molecule has 0 aromatic carbocycles. The minimum atomic E-state index is -2.60. The standard InChI is InChI=1S/C20H20F3N5O/c1-24-18-15-14(9-25-19(15)27-10-26-18)16(29)13-3-2-12(28-17(13)21)8-11-4-6-20(22,23)7-5-11/h2-3,9-11H,4-8H2,1H3,(H2,24,25,26,27). The maximum atomic E-state index is 14.6. The number of anilines is 1. The summed E-state index contributed by atoms with van der Waals surface area (Å²) in [6.07, 6.45) is 3.74. The number of aromatic amines is 1. The number of nitrogens with zero attached hydrogens (tertiary/aromatic N) is 3. The molecule has 0 spiro atoms. The molecule has 4 rings (SSSR count). The van der Waals surface area contributed by atoms with Crippen molar-refractivity contribution >= 4 is 22.6 Å². The van der Waals surface area contributed by atoms with Crippen LogP contribution in [0.5, 0.6) is 0 Å². The number of ketones is 1. The Morgan fingerprint density at radius 2 is 2.00 bits per heavy atom. The second-order valence-electron chi connectivity index (χ2n) is 7.37. The van der Waals surface area contributed by atoms with Crippen molar-refractivity contribution in [3.05, 3.63) is 47.4 Å². The van der Waals surface area contributed by atoms with Crippen LogP contribution in [0.3, 0.4) is 0 Å². The quantitative estimate of drug-likeness (QED) is 0.494. The van der Waals surface area contributed by atoms with E-state index < -0.39 is 17.7 Å². The van der Waals surface area contributed by atoms with Gasteiger partial charge in [-0.05, 0) is 37.3 Å². The number of hydrogen-bond acceptors (Lipinski definition) is 5. The first-order chi connectivity index (χ1) is 13.9. The van der Waals surface area contributed by atoms with Crippen LogP contribution in [-0.2, 0) is 6.42 Å². The van der Waals surface area contributed by atoms with E-state index in [0.29, 0.717) is 41.8 Å². The highest BCUT2D eigenvalue weighted by atomic mass is 19.3. The number of carbonyl (C=O) groups is 1. The summed E-state index contributed by atoms with van der Waals surface area (Å²) < 4.78 is 41.2. The number of fused-ring (bicyclic) bond motifs is 1. The van der Waals surface area contributed by atoms with E-state index in [1.165, 1.54) is 18.6 Å². The number of pyridine rings is 1. The van der Waals surface area contributed by atoms with Crippen LogP contribution < -0.4 is 5.32 Å². The fraction of sp³-hybridized carbons (Fsp3) is 0.400. The number of carbonyl (C=O) groups excluding carboxylic acids is 1. The molecule has 1 aliphatic carbocycles. The lowest BCUT2D eigenvalue weighted by Gasteiger charge is -2.28. The maximum Gasteiger partial charge on any atom is 0.248 e. The summed E-state index contributed by atoms with van der Waals surface area (Å²) in [4.78, 5) is 27.9. The number of nitrogens with one attached hydrogen (secondary N) is 2. The summed E-state index contributed by atoms with van der Waals surface area (Å²) >= 11 is 0. The molecule has 6 nitrogen and oxygen atoms in total. The van der Waals surface area contributed by atoms with Crippen LogP contribution in [0.4, 0.5) is 19.0 Å². The van der Waals surface area contributed by atoms with E-state index in [2.05, 4.69) is 25.3 Å². The Balaban J connectivity index is 1.56. The summed E-state index contributed by atoms with van der Waals surface area (Å²) in [5.41, 5.74) is 1.02. The third kappa shape index (κ3) is 3.81. The molecule has 0 bridgehead atoms. The fourth-order valence-corrected chi connectivity index (χ4v) is 3.83. The monoisotopic (exact) mass is 403 g/mol. The molecule has 1 saturated carbocycles. The third-order valence-corrected chi connectivity index (χ3v) is 5.44. The van der Waals surface area contributed by atoms with Gasteiger partial charge in [0.1, 0.15) is 17.8 Å². The van der Waals surface area contributed by atoms with Gasteiger partial charge in [-0.1, -0.05) is 0 Å². The summed E-state index contributed by atoms with van der Waals surface area (Å²) in [5.74, 6) is -3.49. The molecule has 3 aromatic rings. The molecule has 0 saturated heterocycles. The van der Waals surface area contributed by atoms with E-state index in [1.807, 2.05) is 0 Å². The van der Waals surface area contributed by atoms with Crippen molar-refractivity contribution in [2.75, 3.05) is 12.4 Å². The molecule has 1 aliphatic rings. The van der Waals surface area contributed by atoms with Crippen LogP contribution in [0, 0.1) is 11.9 Å². The van der Waals surface area contributed by atoms with Crippen molar-refractivity contribution in [3.63, 3.8) is 0 Å². The van der Waals surface area contributed by atoms with Crippen molar-refractivity contribution in [1.82, 2.24) is 19.9 Å². The molecule has 152 valence electrons. The molecular formula is C20H20F3N5O. The van der Waals surface area contributed by atoms with E-state index >= 15 is 0 Å². The van der Waals surface area contributed by atoms with E-state index in [9.17, 15) is 18.0 Å². The number of halogens is 3. The number of aromatic nitrogens is 4. The molecule has 1 fully saturated rings. The van der Waals surface area contributed by atoms with Gasteiger partial charge in [-0.3, -0.25) is 4.79 Å². The minimum Gasteiger partial charge on any atom is -0.372 e. The Kier molecular flexibility index (Phi) is 4.97. The highest BCUT2D eigenvalue weighted by Crippen LogP contribution is 2.37. The molecular weight excluding hydrogens is 383 g/mol. The highest BCUT2D eigenvalue weighted by Gasteiger charge is 2.35. The van der Waals surface area contributed by atoms with Gasteiger partial charge in [-0.15, -0.1) is 0 Å². The zero-order valence-corrected chi connectivity index (χ0v) is 15.8. The SMILES string of the molecule is CNc1ncnc2[nH]cc(C(=O)c3ccc(CC4CCC(F)(F)CC4)nc3F)c12. The predicted molar refractivity (Wildman–Crippen MR) is 102 cm³/mol. The molecule has 9 heteroatoms. The van der Waals surface area contributed by atoms with Crippen LogP contribution in [0.15, 0.2) is 24.7 Å². The smallest absolute Gasteiger partial charge is 0.248 e. The van der Waals surface area contributed by atoms with E-state index in [4.69, 9.17) is 0 Å². The summed E-state index contributed by atoms with van der Waals surface area (Å²) in [7, 11) is 1.67. The van der Waals surface area contributed by atoms with Crippen LogP contribution in [0.25, 0.3) is 11.0 Å². The average molecular weight is 403 g/mol. The van der Waals surface area contributed by atoms with Gasteiger partial charge < -0.3 is 10.3 Å². The van der Waals surface area contributed by atoms with Crippen molar-refractivity contribution in [1.29, 1.82) is 0 Å². The predicted octanol–water partition coefficient (Wildman–Crippen LogP) is 4.13. The molecule has 2 N–H and O–H groups in total. The summed E-state index contributed by atoms with van der Waals surface area (Å²) in [6.45, 7) is 0. The maximum absolute atomic E-state index is 14.6. The van der Waals surface area contributed by atoms with Crippen molar-refractivity contribution < 1.29 is 18.0 Å². The molecule has 3 heterocycles. The second-order valence-corrected chi connectivity index (χ2v) is 7.37. The number of alkyl halides is 2. The van der Waals surface area contributed by atoms with Gasteiger partial charge in [0, 0.05) is 31.8 Å². The second kappa shape index (κ2) is 7.46. The molecule has 0 aliphatic heterocycles. The summed E-state index contributed by atoms with van der Waals surface area (Å²) in [5, 5.41) is 3.37. The van der Waals surface area contributed by atoms with Gasteiger partial charge in [-0.2, -0.15) is 4.39 Å². The molecule has 0 atom stereocenters. The lowest BCUT2D eigenvalue weighted by atomic mass is 9.84. The Labute approximate surface area is 165 Å².